The van der Waals surface area contributed by atoms with E-state index in [0.29, 0.717) is 15.6 Å². The van der Waals surface area contributed by atoms with Crippen LogP contribution in [0.5, 0.6) is 0 Å². The number of nitrogens with one attached hydrogen (secondary N) is 1. The Balaban J connectivity index is 2.00. The first kappa shape index (κ1) is 13.5. The van der Waals surface area contributed by atoms with E-state index < -0.39 is 5.97 Å². The Bertz CT molecular complexity index is 627. The van der Waals surface area contributed by atoms with Gasteiger partial charge in [0, 0.05) is 5.38 Å². The van der Waals surface area contributed by atoms with E-state index in [1.165, 1.54) is 16.7 Å². The number of carbonyl (C=O) groups excluding carboxylic acids is 1. The highest BCUT2D eigenvalue weighted by Gasteiger charge is 2.12. The Morgan fingerprint density at radius 3 is 2.74 bits per heavy atom. The van der Waals surface area contributed by atoms with Gasteiger partial charge in [0.05, 0.1) is 17.1 Å². The molecule has 0 aliphatic heterocycles. The molecule has 0 radical (unpaired) electrons. The second-order valence-electron chi connectivity index (χ2n) is 3.59. The SMILES string of the molecule is O=C(O)c1csc(CNC(=O)c2ccccc2Cl)n1. The van der Waals surface area contributed by atoms with Crippen molar-refractivity contribution in [2.75, 3.05) is 0 Å². The summed E-state index contributed by atoms with van der Waals surface area (Å²) in [7, 11) is 0. The Kier molecular flexibility index (Phi) is 4.13. The number of hydrogen-bond donors (Lipinski definition) is 2. The van der Waals surface area contributed by atoms with Gasteiger partial charge in [-0.3, -0.25) is 4.79 Å². The molecular formula is C12H9ClN2O3S. The summed E-state index contributed by atoms with van der Waals surface area (Å²) in [6.45, 7) is 0.169. The third kappa shape index (κ3) is 3.30. The molecule has 0 bridgehead atoms. The normalized spacial score (nSPS) is 10.2. The van der Waals surface area contributed by atoms with Crippen LogP contribution in [0.2, 0.25) is 5.02 Å². The first-order valence-corrected chi connectivity index (χ1v) is 6.54. The molecule has 98 valence electrons. The molecule has 2 aromatic rings. The van der Waals surface area contributed by atoms with Gasteiger partial charge in [-0.2, -0.15) is 0 Å². The molecule has 0 spiro atoms. The molecule has 0 fully saturated rings. The third-order valence-electron chi connectivity index (χ3n) is 2.29. The van der Waals surface area contributed by atoms with Crippen LogP contribution >= 0.6 is 22.9 Å². The lowest BCUT2D eigenvalue weighted by molar-refractivity contribution is 0.0691. The molecule has 0 aliphatic carbocycles. The molecule has 0 unspecified atom stereocenters. The summed E-state index contributed by atoms with van der Waals surface area (Å²) in [4.78, 5) is 26.4. The molecule has 7 heteroatoms. The number of rotatable bonds is 4. The smallest absolute Gasteiger partial charge is 0.355 e. The zero-order valence-electron chi connectivity index (χ0n) is 9.59. The van der Waals surface area contributed by atoms with Gasteiger partial charge >= 0.3 is 5.97 Å². The molecule has 1 aromatic heterocycles. The largest absolute Gasteiger partial charge is 0.476 e. The summed E-state index contributed by atoms with van der Waals surface area (Å²) in [5.74, 6) is -1.40. The van der Waals surface area contributed by atoms with E-state index in [1.54, 1.807) is 24.3 Å². The van der Waals surface area contributed by atoms with Crippen LogP contribution in [0.3, 0.4) is 0 Å². The van der Waals surface area contributed by atoms with Crippen LogP contribution in [0.4, 0.5) is 0 Å². The maximum atomic E-state index is 11.8. The number of carboxylic acid groups (broad SMARTS) is 1. The highest BCUT2D eigenvalue weighted by atomic mass is 35.5. The van der Waals surface area contributed by atoms with Crippen molar-refractivity contribution >= 4 is 34.8 Å². The van der Waals surface area contributed by atoms with E-state index in [1.807, 2.05) is 0 Å². The van der Waals surface area contributed by atoms with Gasteiger partial charge in [0.15, 0.2) is 5.69 Å². The molecule has 2 N–H and O–H groups in total. The molecule has 2 rings (SSSR count). The highest BCUT2D eigenvalue weighted by Crippen LogP contribution is 2.15. The van der Waals surface area contributed by atoms with Crippen molar-refractivity contribution in [3.8, 4) is 0 Å². The van der Waals surface area contributed by atoms with E-state index in [4.69, 9.17) is 16.7 Å². The Labute approximate surface area is 117 Å². The van der Waals surface area contributed by atoms with Gasteiger partial charge in [-0.1, -0.05) is 23.7 Å². The van der Waals surface area contributed by atoms with Gasteiger partial charge in [0.25, 0.3) is 5.91 Å². The minimum atomic E-state index is -1.08. The fourth-order valence-corrected chi connectivity index (χ4v) is 2.32. The topological polar surface area (TPSA) is 79.3 Å². The van der Waals surface area contributed by atoms with Crippen LogP contribution in [-0.2, 0) is 6.54 Å². The summed E-state index contributed by atoms with van der Waals surface area (Å²) in [5, 5.41) is 13.7. The molecular weight excluding hydrogens is 288 g/mol. The number of halogens is 1. The zero-order valence-corrected chi connectivity index (χ0v) is 11.2. The summed E-state index contributed by atoms with van der Waals surface area (Å²) >= 11 is 7.07. The lowest BCUT2D eigenvalue weighted by Crippen LogP contribution is -2.23. The van der Waals surface area contributed by atoms with Gasteiger partial charge in [-0.25, -0.2) is 9.78 Å². The minimum absolute atomic E-state index is 0.0213. The fourth-order valence-electron chi connectivity index (χ4n) is 1.39. The molecule has 0 saturated carbocycles. The second-order valence-corrected chi connectivity index (χ2v) is 4.94. The number of nitrogens with zero attached hydrogens (tertiary/aromatic N) is 1. The number of carbonyl (C=O) groups is 2. The summed E-state index contributed by atoms with van der Waals surface area (Å²) in [6, 6.07) is 6.69. The van der Waals surface area contributed by atoms with Gasteiger partial charge < -0.3 is 10.4 Å². The highest BCUT2D eigenvalue weighted by molar-refractivity contribution is 7.09. The van der Waals surface area contributed by atoms with Gasteiger partial charge in [0.1, 0.15) is 5.01 Å². The first-order valence-electron chi connectivity index (χ1n) is 5.28. The van der Waals surface area contributed by atoms with Crippen LogP contribution in [0, 0.1) is 0 Å². The average Bonchev–Trinajstić information content (AvgIpc) is 2.85. The van der Waals surface area contributed by atoms with Crippen LogP contribution in [0.1, 0.15) is 25.9 Å². The number of carboxylic acids is 1. The van der Waals surface area contributed by atoms with Gasteiger partial charge in [-0.05, 0) is 12.1 Å². The minimum Gasteiger partial charge on any atom is -0.476 e. The zero-order chi connectivity index (χ0) is 13.8. The van der Waals surface area contributed by atoms with Crippen molar-refractivity contribution in [3.05, 3.63) is 50.9 Å². The van der Waals surface area contributed by atoms with E-state index >= 15 is 0 Å². The van der Waals surface area contributed by atoms with E-state index in [0.717, 1.165) is 0 Å². The molecule has 0 atom stereocenters. The maximum Gasteiger partial charge on any atom is 0.355 e. The van der Waals surface area contributed by atoms with Crippen LogP contribution in [-0.4, -0.2) is 22.0 Å². The Hall–Kier alpha value is -1.92. The van der Waals surface area contributed by atoms with Crippen molar-refractivity contribution in [1.29, 1.82) is 0 Å². The predicted octanol–water partition coefficient (Wildman–Crippen LogP) is 2.42. The number of aromatic nitrogens is 1. The second kappa shape index (κ2) is 5.81. The lowest BCUT2D eigenvalue weighted by atomic mass is 10.2. The van der Waals surface area contributed by atoms with Crippen molar-refractivity contribution in [1.82, 2.24) is 10.3 Å². The van der Waals surface area contributed by atoms with Crippen LogP contribution < -0.4 is 5.32 Å². The van der Waals surface area contributed by atoms with Gasteiger partial charge in [-0.15, -0.1) is 11.3 Å². The van der Waals surface area contributed by atoms with E-state index in [2.05, 4.69) is 10.3 Å². The van der Waals surface area contributed by atoms with E-state index in [-0.39, 0.29) is 18.1 Å². The van der Waals surface area contributed by atoms with E-state index in [9.17, 15) is 9.59 Å². The third-order valence-corrected chi connectivity index (χ3v) is 3.47. The molecule has 0 saturated heterocycles. The first-order chi connectivity index (χ1) is 9.08. The number of aromatic carboxylic acids is 1. The Morgan fingerprint density at radius 2 is 2.11 bits per heavy atom. The maximum absolute atomic E-state index is 11.8. The number of thiazole rings is 1. The van der Waals surface area contributed by atoms with Crippen LogP contribution in [0.25, 0.3) is 0 Å². The number of hydrogen-bond acceptors (Lipinski definition) is 4. The Morgan fingerprint density at radius 1 is 1.37 bits per heavy atom. The van der Waals surface area contributed by atoms with Crippen molar-refractivity contribution in [2.45, 2.75) is 6.54 Å². The monoisotopic (exact) mass is 296 g/mol. The molecule has 1 amide bonds. The summed E-state index contributed by atoms with van der Waals surface area (Å²) < 4.78 is 0. The number of benzene rings is 1. The average molecular weight is 297 g/mol. The van der Waals surface area contributed by atoms with Crippen molar-refractivity contribution < 1.29 is 14.7 Å². The lowest BCUT2D eigenvalue weighted by Gasteiger charge is -2.04. The van der Waals surface area contributed by atoms with Crippen molar-refractivity contribution in [3.63, 3.8) is 0 Å². The van der Waals surface area contributed by atoms with Crippen LogP contribution in [0.15, 0.2) is 29.6 Å². The molecule has 0 aliphatic rings. The molecule has 1 aromatic carbocycles. The van der Waals surface area contributed by atoms with Crippen molar-refractivity contribution in [2.24, 2.45) is 0 Å². The fraction of sp³-hybridized carbons (Fsp3) is 0.0833. The predicted molar refractivity (Wildman–Crippen MR) is 71.7 cm³/mol. The molecule has 1 heterocycles. The van der Waals surface area contributed by atoms with Gasteiger partial charge in [0.2, 0.25) is 0 Å². The quantitative estimate of drug-likeness (QED) is 0.908. The molecule has 5 nitrogen and oxygen atoms in total. The summed E-state index contributed by atoms with van der Waals surface area (Å²) in [5.41, 5.74) is 0.353. The summed E-state index contributed by atoms with van der Waals surface area (Å²) in [6.07, 6.45) is 0. The standard InChI is InChI=1S/C12H9ClN2O3S/c13-8-4-2-1-3-7(8)11(16)14-5-10-15-9(6-19-10)12(17)18/h1-4,6H,5H2,(H,14,16)(H,17,18). The number of amides is 1. The molecule has 19 heavy (non-hydrogen) atoms.